The van der Waals surface area contributed by atoms with Gasteiger partial charge in [-0.05, 0) is 6.42 Å². The van der Waals surface area contributed by atoms with Gasteiger partial charge in [0.2, 0.25) is 0 Å². The van der Waals surface area contributed by atoms with Gasteiger partial charge in [0.1, 0.15) is 0 Å². The Morgan fingerprint density at radius 2 is 0.950 bits per heavy atom. The van der Waals surface area contributed by atoms with Crippen molar-refractivity contribution < 1.29 is 9.59 Å². The molecule has 0 bridgehead atoms. The van der Waals surface area contributed by atoms with Crippen molar-refractivity contribution in [2.75, 3.05) is 0 Å². The van der Waals surface area contributed by atoms with Crippen LogP contribution in [0.5, 0.6) is 0 Å². The summed E-state index contributed by atoms with van der Waals surface area (Å²) in [6.07, 6.45) is 17.4. The lowest BCUT2D eigenvalue weighted by Crippen LogP contribution is -2.08. The molecule has 2 heteroatoms. The Morgan fingerprint density at radius 3 is 1.30 bits per heavy atom. The second-order valence-electron chi connectivity index (χ2n) is 5.97. The van der Waals surface area contributed by atoms with Crippen molar-refractivity contribution in [3.05, 3.63) is 0 Å². The van der Waals surface area contributed by atoms with E-state index in [0.717, 1.165) is 12.8 Å². The number of hydrogen-bond acceptors (Lipinski definition) is 2. The predicted molar refractivity (Wildman–Crippen MR) is 86.0 cm³/mol. The first-order chi connectivity index (χ1) is 9.68. The van der Waals surface area contributed by atoms with Crippen molar-refractivity contribution in [3.8, 4) is 0 Å². The highest BCUT2D eigenvalue weighted by molar-refractivity contribution is 6.36. The Labute approximate surface area is 125 Å². The highest BCUT2D eigenvalue weighted by Gasteiger charge is 2.06. The van der Waals surface area contributed by atoms with Crippen LogP contribution in [0.15, 0.2) is 0 Å². The first-order valence-corrected chi connectivity index (χ1v) is 8.72. The van der Waals surface area contributed by atoms with Crippen molar-refractivity contribution in [1.29, 1.82) is 0 Å². The lowest BCUT2D eigenvalue weighted by Gasteiger charge is -2.02. The van der Waals surface area contributed by atoms with E-state index in [4.69, 9.17) is 0 Å². The molecule has 20 heavy (non-hydrogen) atoms. The van der Waals surface area contributed by atoms with Crippen molar-refractivity contribution in [2.45, 2.75) is 104 Å². The molecule has 2 nitrogen and oxygen atoms in total. The molecule has 0 saturated carbocycles. The molecule has 0 aromatic rings. The standard InChI is InChI=1S/C18H34O2/c1-3-4-5-6-7-8-9-10-11-12-13-14-15-16-18(20)17(2)19/h3-16H2,1-2H3. The van der Waals surface area contributed by atoms with Gasteiger partial charge >= 0.3 is 0 Å². The fourth-order valence-electron chi connectivity index (χ4n) is 2.48. The summed E-state index contributed by atoms with van der Waals surface area (Å²) >= 11 is 0. The van der Waals surface area contributed by atoms with E-state index >= 15 is 0 Å². The largest absolute Gasteiger partial charge is 0.291 e. The van der Waals surface area contributed by atoms with Gasteiger partial charge in [-0.15, -0.1) is 0 Å². The maximum absolute atomic E-state index is 11.1. The molecular weight excluding hydrogens is 248 g/mol. The predicted octanol–water partition coefficient (Wildman–Crippen LogP) is 5.63. The van der Waals surface area contributed by atoms with Crippen LogP contribution in [0.4, 0.5) is 0 Å². The van der Waals surface area contributed by atoms with Crippen LogP contribution in [-0.4, -0.2) is 11.6 Å². The molecule has 0 saturated heterocycles. The lowest BCUT2D eigenvalue weighted by molar-refractivity contribution is -0.135. The number of unbranched alkanes of at least 4 members (excludes halogenated alkanes) is 12. The maximum Gasteiger partial charge on any atom is 0.198 e. The molecule has 118 valence electrons. The van der Waals surface area contributed by atoms with Crippen molar-refractivity contribution in [2.24, 2.45) is 0 Å². The minimum atomic E-state index is -0.288. The number of carbonyl (C=O) groups is 2. The first-order valence-electron chi connectivity index (χ1n) is 8.72. The summed E-state index contributed by atoms with van der Waals surface area (Å²) in [6, 6.07) is 0. The van der Waals surface area contributed by atoms with Crippen LogP contribution >= 0.6 is 0 Å². The minimum absolute atomic E-state index is 0.201. The van der Waals surface area contributed by atoms with Crippen LogP contribution in [-0.2, 0) is 9.59 Å². The highest BCUT2D eigenvalue weighted by atomic mass is 16.2. The molecule has 0 aromatic carbocycles. The second-order valence-corrected chi connectivity index (χ2v) is 5.97. The number of rotatable bonds is 15. The van der Waals surface area contributed by atoms with Gasteiger partial charge in [-0.1, -0.05) is 84.0 Å². The Balaban J connectivity index is 3.06. The van der Waals surface area contributed by atoms with E-state index in [2.05, 4.69) is 6.92 Å². The Kier molecular flexibility index (Phi) is 14.3. The van der Waals surface area contributed by atoms with Gasteiger partial charge in [-0.25, -0.2) is 0 Å². The topological polar surface area (TPSA) is 34.1 Å². The Morgan fingerprint density at radius 1 is 0.600 bits per heavy atom. The minimum Gasteiger partial charge on any atom is -0.291 e. The van der Waals surface area contributed by atoms with Crippen LogP contribution in [0, 0.1) is 0 Å². The third-order valence-electron chi connectivity index (χ3n) is 3.90. The number of carbonyl (C=O) groups excluding carboxylic acids is 2. The molecule has 0 aromatic heterocycles. The molecule has 0 atom stereocenters. The van der Waals surface area contributed by atoms with Gasteiger partial charge in [0, 0.05) is 13.3 Å². The van der Waals surface area contributed by atoms with Gasteiger partial charge in [0.25, 0.3) is 0 Å². The third-order valence-corrected chi connectivity index (χ3v) is 3.90. The Hall–Kier alpha value is -0.660. The fourth-order valence-corrected chi connectivity index (χ4v) is 2.48. The first kappa shape index (κ1) is 19.3. The zero-order valence-corrected chi connectivity index (χ0v) is 13.7. The number of hydrogen-bond donors (Lipinski definition) is 0. The normalized spacial score (nSPS) is 10.7. The summed E-state index contributed by atoms with van der Waals surface area (Å²) in [6.45, 7) is 3.63. The van der Waals surface area contributed by atoms with Crippen LogP contribution < -0.4 is 0 Å². The molecule has 0 heterocycles. The van der Waals surface area contributed by atoms with Gasteiger partial charge < -0.3 is 0 Å². The summed E-state index contributed by atoms with van der Waals surface area (Å²) in [5.41, 5.74) is 0. The molecule has 0 aliphatic carbocycles. The summed E-state index contributed by atoms with van der Waals surface area (Å²) < 4.78 is 0. The van der Waals surface area contributed by atoms with Gasteiger partial charge in [-0.2, -0.15) is 0 Å². The van der Waals surface area contributed by atoms with E-state index in [-0.39, 0.29) is 11.6 Å². The van der Waals surface area contributed by atoms with Crippen LogP contribution in [0.1, 0.15) is 104 Å². The molecule has 0 aliphatic rings. The molecule has 0 fully saturated rings. The Bertz CT molecular complexity index is 246. The van der Waals surface area contributed by atoms with Crippen LogP contribution in [0.25, 0.3) is 0 Å². The molecule has 0 N–H and O–H groups in total. The lowest BCUT2D eigenvalue weighted by atomic mass is 10.0. The van der Waals surface area contributed by atoms with E-state index in [1.54, 1.807) is 0 Å². The monoisotopic (exact) mass is 282 g/mol. The number of ketones is 2. The molecule has 0 spiro atoms. The van der Waals surface area contributed by atoms with E-state index < -0.39 is 0 Å². The smallest absolute Gasteiger partial charge is 0.198 e. The molecule has 0 unspecified atom stereocenters. The molecule has 0 radical (unpaired) electrons. The van der Waals surface area contributed by atoms with Crippen molar-refractivity contribution in [3.63, 3.8) is 0 Å². The fraction of sp³-hybridized carbons (Fsp3) is 0.889. The van der Waals surface area contributed by atoms with Crippen molar-refractivity contribution >= 4 is 11.6 Å². The van der Waals surface area contributed by atoms with Gasteiger partial charge in [0.15, 0.2) is 11.6 Å². The molecule has 0 rings (SSSR count). The van der Waals surface area contributed by atoms with E-state index in [1.165, 1.54) is 77.6 Å². The van der Waals surface area contributed by atoms with Gasteiger partial charge in [0.05, 0.1) is 0 Å². The summed E-state index contributed by atoms with van der Waals surface area (Å²) in [5, 5.41) is 0. The molecular formula is C18H34O2. The zero-order valence-electron chi connectivity index (χ0n) is 13.7. The quantitative estimate of drug-likeness (QED) is 0.288. The molecule has 0 amide bonds. The highest BCUT2D eigenvalue weighted by Crippen LogP contribution is 2.12. The number of Topliss-reactive ketones (excluding diaryl/α,β-unsaturated/α-hetero) is 2. The summed E-state index contributed by atoms with van der Waals surface area (Å²) in [4.78, 5) is 21.8. The van der Waals surface area contributed by atoms with E-state index in [0.29, 0.717) is 6.42 Å². The average Bonchev–Trinajstić information content (AvgIpc) is 2.43. The maximum atomic E-state index is 11.1. The van der Waals surface area contributed by atoms with Crippen LogP contribution in [0.2, 0.25) is 0 Å². The molecule has 0 aliphatic heterocycles. The third kappa shape index (κ3) is 13.8. The second kappa shape index (κ2) is 14.7. The summed E-state index contributed by atoms with van der Waals surface area (Å²) in [7, 11) is 0. The van der Waals surface area contributed by atoms with E-state index in [9.17, 15) is 9.59 Å². The summed E-state index contributed by atoms with van der Waals surface area (Å²) in [5.74, 6) is -0.489. The van der Waals surface area contributed by atoms with Gasteiger partial charge in [-0.3, -0.25) is 9.59 Å². The zero-order chi connectivity index (χ0) is 15.1. The average molecular weight is 282 g/mol. The SMILES string of the molecule is CCCCCCCCCCCCCCCC(=O)C(C)=O. The van der Waals surface area contributed by atoms with Crippen molar-refractivity contribution in [1.82, 2.24) is 0 Å². The van der Waals surface area contributed by atoms with E-state index in [1.807, 2.05) is 0 Å². The van der Waals surface area contributed by atoms with Crippen LogP contribution in [0.3, 0.4) is 0 Å².